The van der Waals surface area contributed by atoms with Gasteiger partial charge in [-0.2, -0.15) is 0 Å². The van der Waals surface area contributed by atoms with Crippen molar-refractivity contribution < 1.29 is 9.53 Å². The normalized spacial score (nSPS) is 10.4. The molecule has 0 radical (unpaired) electrons. The molecule has 76 valence electrons. The highest BCUT2D eigenvalue weighted by Crippen LogP contribution is 2.27. The molecule has 0 saturated carbocycles. The number of halogens is 1. The van der Waals surface area contributed by atoms with E-state index >= 15 is 0 Å². The lowest BCUT2D eigenvalue weighted by Crippen LogP contribution is -2.07. The summed E-state index contributed by atoms with van der Waals surface area (Å²) in [5, 5.41) is 0. The van der Waals surface area contributed by atoms with Crippen LogP contribution < -0.4 is 4.74 Å². The summed E-state index contributed by atoms with van der Waals surface area (Å²) in [4.78, 5) is 10.8. The van der Waals surface area contributed by atoms with Crippen LogP contribution in [0.15, 0.2) is 16.6 Å². The van der Waals surface area contributed by atoms with Crippen molar-refractivity contribution in [3.05, 3.63) is 27.7 Å². The number of carbonyl (C=O) groups is 1. The molecule has 1 rings (SSSR count). The van der Waals surface area contributed by atoms with Crippen molar-refractivity contribution in [2.75, 3.05) is 0 Å². The van der Waals surface area contributed by atoms with E-state index in [2.05, 4.69) is 15.9 Å². The molecule has 0 unspecified atom stereocenters. The monoisotopic (exact) mass is 256 g/mol. The molecule has 0 aliphatic heterocycles. The summed E-state index contributed by atoms with van der Waals surface area (Å²) in [5.41, 5.74) is 1.64. The van der Waals surface area contributed by atoms with E-state index in [4.69, 9.17) is 4.74 Å². The van der Waals surface area contributed by atoms with Gasteiger partial charge in [0.2, 0.25) is 0 Å². The molecule has 2 nitrogen and oxygen atoms in total. The molecule has 3 heteroatoms. The Morgan fingerprint density at radius 1 is 1.43 bits per heavy atom. The van der Waals surface area contributed by atoms with E-state index in [1.165, 1.54) is 0 Å². The molecule has 0 bridgehead atoms. The van der Waals surface area contributed by atoms with E-state index in [1.807, 2.05) is 32.9 Å². The zero-order valence-electron chi connectivity index (χ0n) is 8.50. The zero-order chi connectivity index (χ0) is 10.7. The number of rotatable bonds is 3. The van der Waals surface area contributed by atoms with Crippen LogP contribution in [0.5, 0.6) is 5.75 Å². The number of ether oxygens (including phenoxy) is 1. The van der Waals surface area contributed by atoms with Crippen molar-refractivity contribution in [2.24, 2.45) is 0 Å². The molecular formula is C11H13BrO2. The topological polar surface area (TPSA) is 26.3 Å². The molecule has 0 fully saturated rings. The van der Waals surface area contributed by atoms with Crippen molar-refractivity contribution in [2.45, 2.75) is 26.9 Å². The van der Waals surface area contributed by atoms with Gasteiger partial charge in [-0.3, -0.25) is 4.79 Å². The van der Waals surface area contributed by atoms with Gasteiger partial charge in [-0.05, 0) is 54.4 Å². The maximum atomic E-state index is 10.8. The molecule has 0 amide bonds. The second-order valence-electron chi connectivity index (χ2n) is 3.44. The first-order valence-electron chi connectivity index (χ1n) is 4.46. The number of carbonyl (C=O) groups excluding carboxylic acids is 1. The summed E-state index contributed by atoms with van der Waals surface area (Å²) in [6.45, 7) is 5.84. The first-order valence-corrected chi connectivity index (χ1v) is 5.26. The fourth-order valence-corrected chi connectivity index (χ4v) is 1.84. The Balaban J connectivity index is 3.17. The van der Waals surface area contributed by atoms with E-state index in [0.29, 0.717) is 11.3 Å². The standard InChI is InChI=1S/C11H13BrO2/c1-7(2)14-11-5-8(3)4-10(12)9(11)6-13/h4-7H,1-3H3. The zero-order valence-corrected chi connectivity index (χ0v) is 10.1. The van der Waals surface area contributed by atoms with Crippen molar-refractivity contribution in [3.8, 4) is 5.75 Å². The first-order chi connectivity index (χ1) is 6.54. The van der Waals surface area contributed by atoms with Gasteiger partial charge in [0, 0.05) is 4.47 Å². The maximum absolute atomic E-state index is 10.8. The Bertz CT molecular complexity index is 345. The van der Waals surface area contributed by atoms with Gasteiger partial charge in [-0.15, -0.1) is 0 Å². The maximum Gasteiger partial charge on any atom is 0.154 e. The minimum absolute atomic E-state index is 0.0717. The van der Waals surface area contributed by atoms with Gasteiger partial charge >= 0.3 is 0 Å². The molecule has 14 heavy (non-hydrogen) atoms. The number of aryl methyl sites for hydroxylation is 1. The minimum Gasteiger partial charge on any atom is -0.490 e. The second-order valence-corrected chi connectivity index (χ2v) is 4.30. The Morgan fingerprint density at radius 3 is 2.57 bits per heavy atom. The third-order valence-corrected chi connectivity index (χ3v) is 2.37. The third-order valence-electron chi connectivity index (χ3n) is 1.72. The van der Waals surface area contributed by atoms with Crippen molar-refractivity contribution in [1.29, 1.82) is 0 Å². The van der Waals surface area contributed by atoms with Gasteiger partial charge in [0.05, 0.1) is 11.7 Å². The molecule has 0 spiro atoms. The first kappa shape index (κ1) is 11.2. The predicted octanol–water partition coefficient (Wildman–Crippen LogP) is 3.36. The lowest BCUT2D eigenvalue weighted by molar-refractivity contribution is 0.111. The summed E-state index contributed by atoms with van der Waals surface area (Å²) in [6.07, 6.45) is 0.878. The molecule has 0 aromatic heterocycles. The van der Waals surface area contributed by atoms with Gasteiger partial charge in [0.15, 0.2) is 6.29 Å². The van der Waals surface area contributed by atoms with Crippen LogP contribution >= 0.6 is 15.9 Å². The van der Waals surface area contributed by atoms with Crippen LogP contribution in [-0.2, 0) is 0 Å². The second kappa shape index (κ2) is 4.60. The van der Waals surface area contributed by atoms with Crippen LogP contribution in [0.2, 0.25) is 0 Å². The van der Waals surface area contributed by atoms with Crippen LogP contribution in [-0.4, -0.2) is 12.4 Å². The fraction of sp³-hybridized carbons (Fsp3) is 0.364. The highest BCUT2D eigenvalue weighted by Gasteiger charge is 2.09. The quantitative estimate of drug-likeness (QED) is 0.776. The van der Waals surface area contributed by atoms with Crippen LogP contribution in [0.25, 0.3) is 0 Å². The molecule has 0 N–H and O–H groups in total. The summed E-state index contributed by atoms with van der Waals surface area (Å²) < 4.78 is 6.32. The fourth-order valence-electron chi connectivity index (χ4n) is 1.19. The molecule has 0 saturated heterocycles. The Kier molecular flexibility index (Phi) is 3.69. The Hall–Kier alpha value is -0.830. The minimum atomic E-state index is 0.0717. The van der Waals surface area contributed by atoms with Gasteiger partial charge in [0.25, 0.3) is 0 Å². The highest BCUT2D eigenvalue weighted by atomic mass is 79.9. The predicted molar refractivity (Wildman–Crippen MR) is 60.0 cm³/mol. The van der Waals surface area contributed by atoms with Crippen LogP contribution in [0.4, 0.5) is 0 Å². The van der Waals surface area contributed by atoms with Crippen molar-refractivity contribution in [1.82, 2.24) is 0 Å². The van der Waals surface area contributed by atoms with E-state index < -0.39 is 0 Å². The smallest absolute Gasteiger partial charge is 0.154 e. The number of aldehydes is 1. The number of hydrogen-bond donors (Lipinski definition) is 0. The van der Waals surface area contributed by atoms with Crippen LogP contribution in [0, 0.1) is 6.92 Å². The molecule has 0 aliphatic rings. The summed E-state index contributed by atoms with van der Waals surface area (Å²) in [6, 6.07) is 3.77. The molecule has 1 aromatic rings. The molecule has 0 aliphatic carbocycles. The highest BCUT2D eigenvalue weighted by molar-refractivity contribution is 9.10. The van der Waals surface area contributed by atoms with E-state index in [1.54, 1.807) is 0 Å². The van der Waals surface area contributed by atoms with Crippen molar-refractivity contribution in [3.63, 3.8) is 0 Å². The number of hydrogen-bond acceptors (Lipinski definition) is 2. The average molecular weight is 257 g/mol. The summed E-state index contributed by atoms with van der Waals surface area (Å²) in [7, 11) is 0. The van der Waals surface area contributed by atoms with Gasteiger partial charge < -0.3 is 4.74 Å². The lowest BCUT2D eigenvalue weighted by atomic mass is 10.1. The van der Waals surface area contributed by atoms with E-state index in [-0.39, 0.29) is 6.10 Å². The van der Waals surface area contributed by atoms with Gasteiger partial charge in [0.1, 0.15) is 5.75 Å². The van der Waals surface area contributed by atoms with Crippen LogP contribution in [0.1, 0.15) is 29.8 Å². The Labute approximate surface area is 92.4 Å². The largest absolute Gasteiger partial charge is 0.490 e. The Morgan fingerprint density at radius 2 is 2.07 bits per heavy atom. The van der Waals surface area contributed by atoms with Crippen LogP contribution in [0.3, 0.4) is 0 Å². The number of benzene rings is 1. The SMILES string of the molecule is Cc1cc(Br)c(C=O)c(OC(C)C)c1. The molecule has 0 atom stereocenters. The molecule has 0 heterocycles. The molecule has 1 aromatic carbocycles. The third kappa shape index (κ3) is 2.58. The molecular weight excluding hydrogens is 244 g/mol. The van der Waals surface area contributed by atoms with E-state index in [9.17, 15) is 4.79 Å². The van der Waals surface area contributed by atoms with Crippen molar-refractivity contribution >= 4 is 22.2 Å². The lowest BCUT2D eigenvalue weighted by Gasteiger charge is -2.13. The summed E-state index contributed by atoms with van der Waals surface area (Å²) in [5.74, 6) is 0.641. The average Bonchev–Trinajstić information content (AvgIpc) is 2.01. The summed E-state index contributed by atoms with van der Waals surface area (Å²) >= 11 is 3.34. The van der Waals surface area contributed by atoms with E-state index in [0.717, 1.165) is 16.3 Å². The van der Waals surface area contributed by atoms with Gasteiger partial charge in [-0.1, -0.05) is 0 Å². The van der Waals surface area contributed by atoms with Gasteiger partial charge in [-0.25, -0.2) is 0 Å².